The van der Waals surface area contributed by atoms with Crippen LogP contribution in [0.3, 0.4) is 0 Å². The van der Waals surface area contributed by atoms with Crippen LogP contribution in [0.25, 0.3) is 0 Å². The summed E-state index contributed by atoms with van der Waals surface area (Å²) in [7, 11) is 1.43. The minimum atomic E-state index is -0.633. The maximum absolute atomic E-state index is 12.3. The highest BCUT2D eigenvalue weighted by Gasteiger charge is 2.52. The molecule has 1 unspecified atom stereocenters. The molecule has 0 heterocycles. The summed E-state index contributed by atoms with van der Waals surface area (Å²) in [6, 6.07) is 0. The Balaban J connectivity index is 2.52. The van der Waals surface area contributed by atoms with Crippen LogP contribution in [0.2, 0.25) is 0 Å². The smallest absolute Gasteiger partial charge is 0.204 e. The molecule has 2 aliphatic carbocycles. The van der Waals surface area contributed by atoms with Gasteiger partial charge in [-0.25, -0.2) is 0 Å². The summed E-state index contributed by atoms with van der Waals surface area (Å²) in [5.74, 6) is 0.0120. The molecule has 0 N–H and O–H groups in total. The number of hydrogen-bond acceptors (Lipinski definition) is 3. The van der Waals surface area contributed by atoms with Gasteiger partial charge < -0.3 is 4.74 Å². The highest BCUT2D eigenvalue weighted by molar-refractivity contribution is 6.11. The van der Waals surface area contributed by atoms with Crippen LogP contribution in [0, 0.1) is 17.3 Å². The average molecular weight is 220 g/mol. The Labute approximate surface area is 95.2 Å². The van der Waals surface area contributed by atoms with Gasteiger partial charge in [0.15, 0.2) is 11.5 Å². The molecule has 0 aromatic rings. The topological polar surface area (TPSA) is 43.4 Å². The number of ketones is 2. The van der Waals surface area contributed by atoms with Crippen molar-refractivity contribution in [3.8, 4) is 0 Å². The maximum Gasteiger partial charge on any atom is 0.204 e. The number of Topliss-reactive ketones (excluding diaryl/α,β-unsaturated/α-hetero) is 1. The molecule has 3 atom stereocenters. The molecule has 2 aliphatic rings. The van der Waals surface area contributed by atoms with Gasteiger partial charge in [0.2, 0.25) is 5.78 Å². The second-order valence-electron chi connectivity index (χ2n) is 4.73. The van der Waals surface area contributed by atoms with Crippen LogP contribution in [0.4, 0.5) is 0 Å². The molecule has 0 aromatic carbocycles. The van der Waals surface area contributed by atoms with Gasteiger partial charge >= 0.3 is 0 Å². The molecule has 3 heteroatoms. The van der Waals surface area contributed by atoms with Crippen LogP contribution in [-0.2, 0) is 14.3 Å². The molecule has 0 aliphatic heterocycles. The van der Waals surface area contributed by atoms with E-state index in [0.29, 0.717) is 6.42 Å². The van der Waals surface area contributed by atoms with E-state index in [9.17, 15) is 9.59 Å². The quantitative estimate of drug-likeness (QED) is 0.634. The molecule has 0 amide bonds. The van der Waals surface area contributed by atoms with Gasteiger partial charge in [-0.15, -0.1) is 0 Å². The number of rotatable bonds is 1. The Kier molecular flexibility index (Phi) is 2.49. The van der Waals surface area contributed by atoms with E-state index in [1.165, 1.54) is 13.2 Å². The number of fused-ring (bicyclic) bond motifs is 1. The molecular weight excluding hydrogens is 204 g/mol. The van der Waals surface area contributed by atoms with Gasteiger partial charge in [0, 0.05) is 12.0 Å². The van der Waals surface area contributed by atoms with E-state index < -0.39 is 5.41 Å². The Morgan fingerprint density at radius 2 is 2.12 bits per heavy atom. The first-order chi connectivity index (χ1) is 7.51. The van der Waals surface area contributed by atoms with Crippen LogP contribution in [0.5, 0.6) is 0 Å². The normalized spacial score (nSPS) is 38.1. The third kappa shape index (κ3) is 1.27. The number of carbonyl (C=O) groups excluding carboxylic acids is 2. The third-order valence-electron chi connectivity index (χ3n) is 4.02. The zero-order valence-corrected chi connectivity index (χ0v) is 9.82. The van der Waals surface area contributed by atoms with Crippen molar-refractivity contribution >= 4 is 11.6 Å². The van der Waals surface area contributed by atoms with E-state index in [-0.39, 0.29) is 29.2 Å². The average Bonchev–Trinajstić information content (AvgIpc) is 2.27. The monoisotopic (exact) mass is 220 g/mol. The molecule has 2 rings (SSSR count). The van der Waals surface area contributed by atoms with Crippen molar-refractivity contribution in [2.75, 3.05) is 7.11 Å². The molecule has 0 fully saturated rings. The van der Waals surface area contributed by atoms with Gasteiger partial charge in [-0.05, 0) is 12.3 Å². The number of hydrogen-bond donors (Lipinski definition) is 0. The van der Waals surface area contributed by atoms with Crippen LogP contribution < -0.4 is 0 Å². The zero-order chi connectivity index (χ0) is 11.9. The summed E-state index contributed by atoms with van der Waals surface area (Å²) in [6.45, 7) is 3.85. The summed E-state index contributed by atoms with van der Waals surface area (Å²) >= 11 is 0. The Hall–Kier alpha value is -1.38. The molecule has 3 nitrogen and oxygen atoms in total. The predicted molar refractivity (Wildman–Crippen MR) is 59.6 cm³/mol. The lowest BCUT2D eigenvalue weighted by molar-refractivity contribution is -0.141. The van der Waals surface area contributed by atoms with Gasteiger partial charge in [-0.2, -0.15) is 0 Å². The highest BCUT2D eigenvalue weighted by Crippen LogP contribution is 2.47. The van der Waals surface area contributed by atoms with E-state index >= 15 is 0 Å². The van der Waals surface area contributed by atoms with Gasteiger partial charge in [0.1, 0.15) is 0 Å². The second-order valence-corrected chi connectivity index (χ2v) is 4.73. The molecule has 0 saturated carbocycles. The largest absolute Gasteiger partial charge is 0.493 e. The fraction of sp³-hybridized carbons (Fsp3) is 0.538. The Morgan fingerprint density at radius 3 is 2.75 bits per heavy atom. The van der Waals surface area contributed by atoms with Crippen molar-refractivity contribution in [1.29, 1.82) is 0 Å². The van der Waals surface area contributed by atoms with Crippen molar-refractivity contribution in [2.24, 2.45) is 17.3 Å². The van der Waals surface area contributed by atoms with Crippen molar-refractivity contribution in [2.45, 2.75) is 20.3 Å². The zero-order valence-electron chi connectivity index (χ0n) is 9.82. The molecule has 0 radical (unpaired) electrons. The lowest BCUT2D eigenvalue weighted by atomic mass is 9.58. The van der Waals surface area contributed by atoms with E-state index in [1.54, 1.807) is 0 Å². The molecule has 0 bridgehead atoms. The first-order valence-corrected chi connectivity index (χ1v) is 5.52. The van der Waals surface area contributed by atoms with Crippen molar-refractivity contribution in [3.05, 3.63) is 24.0 Å². The van der Waals surface area contributed by atoms with E-state index in [0.717, 1.165) is 0 Å². The second kappa shape index (κ2) is 3.58. The number of allylic oxidation sites excluding steroid dienone is 4. The first-order valence-electron chi connectivity index (χ1n) is 5.52. The van der Waals surface area contributed by atoms with Gasteiger partial charge in [-0.1, -0.05) is 26.0 Å². The summed E-state index contributed by atoms with van der Waals surface area (Å²) in [5.41, 5.74) is -0.633. The third-order valence-corrected chi connectivity index (χ3v) is 4.02. The lowest BCUT2D eigenvalue weighted by Crippen LogP contribution is -2.49. The van der Waals surface area contributed by atoms with Crippen LogP contribution >= 0.6 is 0 Å². The molecule has 0 saturated heterocycles. The number of methoxy groups -OCH3 is 1. The summed E-state index contributed by atoms with van der Waals surface area (Å²) < 4.78 is 5.00. The standard InChI is InChI=1S/C13H16O3/c1-8-5-4-6-9-10(14)7-11(16-3)12(15)13(8,9)2/h4-5,7-9H,6H2,1-3H3/t8-,9?,13-/m1/s1. The SMILES string of the molecule is COC1=CC(=O)C2CC=C[C@@H](C)[C@@]2(C)C1=O. The Morgan fingerprint density at radius 1 is 1.44 bits per heavy atom. The van der Waals surface area contributed by atoms with Gasteiger partial charge in [0.25, 0.3) is 0 Å². The van der Waals surface area contributed by atoms with Crippen molar-refractivity contribution in [3.63, 3.8) is 0 Å². The summed E-state index contributed by atoms with van der Waals surface area (Å²) in [5, 5.41) is 0. The predicted octanol–water partition coefficient (Wildman–Crippen LogP) is 1.89. The van der Waals surface area contributed by atoms with Gasteiger partial charge in [-0.3, -0.25) is 9.59 Å². The molecule has 0 spiro atoms. The summed E-state index contributed by atoms with van der Waals surface area (Å²) in [6.07, 6.45) is 6.01. The molecule has 16 heavy (non-hydrogen) atoms. The van der Waals surface area contributed by atoms with Gasteiger partial charge in [0.05, 0.1) is 12.5 Å². The molecular formula is C13H16O3. The fourth-order valence-corrected chi connectivity index (χ4v) is 2.67. The lowest BCUT2D eigenvalue weighted by Gasteiger charge is -2.43. The number of ether oxygens (including phenoxy) is 1. The van der Waals surface area contributed by atoms with E-state index in [4.69, 9.17) is 4.74 Å². The van der Waals surface area contributed by atoms with Crippen LogP contribution in [0.1, 0.15) is 20.3 Å². The molecule has 86 valence electrons. The summed E-state index contributed by atoms with van der Waals surface area (Å²) in [4.78, 5) is 24.2. The maximum atomic E-state index is 12.3. The fourth-order valence-electron chi connectivity index (χ4n) is 2.67. The van der Waals surface area contributed by atoms with E-state index in [1.807, 2.05) is 26.0 Å². The minimum Gasteiger partial charge on any atom is -0.493 e. The molecule has 0 aromatic heterocycles. The minimum absolute atomic E-state index is 0.00940. The van der Waals surface area contributed by atoms with E-state index in [2.05, 4.69) is 0 Å². The van der Waals surface area contributed by atoms with Crippen molar-refractivity contribution in [1.82, 2.24) is 0 Å². The first kappa shape index (κ1) is 11.1. The van der Waals surface area contributed by atoms with Crippen LogP contribution in [0.15, 0.2) is 24.0 Å². The number of carbonyl (C=O) groups is 2. The van der Waals surface area contributed by atoms with Crippen molar-refractivity contribution < 1.29 is 14.3 Å². The highest BCUT2D eigenvalue weighted by atomic mass is 16.5. The Bertz CT molecular complexity index is 405. The van der Waals surface area contributed by atoms with Crippen LogP contribution in [-0.4, -0.2) is 18.7 Å².